The van der Waals surface area contributed by atoms with Gasteiger partial charge in [-0.3, -0.25) is 4.98 Å². The molecule has 3 aromatic heterocycles. The number of piperidine rings is 1. The lowest BCUT2D eigenvalue weighted by Crippen LogP contribution is -2.23. The van der Waals surface area contributed by atoms with Crippen molar-refractivity contribution < 1.29 is 14.4 Å². The number of nitrogens with zero attached hydrogens (tertiary/aromatic N) is 4. The molecule has 0 amide bonds. The maximum Gasteiger partial charge on any atom is 0.354 e. The van der Waals surface area contributed by atoms with Crippen molar-refractivity contribution in [1.82, 2.24) is 15.1 Å². The molecule has 1 aliphatic heterocycles. The lowest BCUT2D eigenvalue weighted by molar-refractivity contribution is 0.0691. The first kappa shape index (κ1) is 23.7. The van der Waals surface area contributed by atoms with Crippen LogP contribution in [0.5, 0.6) is 0 Å². The normalized spacial score (nSPS) is 22.4. The smallest absolute Gasteiger partial charge is 0.354 e. The third-order valence-electron chi connectivity index (χ3n) is 8.12. The molecule has 4 heterocycles. The topological polar surface area (TPSA) is 92.3 Å². The Morgan fingerprint density at radius 2 is 1.87 bits per heavy atom. The van der Waals surface area contributed by atoms with Crippen LogP contribution >= 0.6 is 23.2 Å². The van der Waals surface area contributed by atoms with Crippen molar-refractivity contribution in [3.8, 4) is 11.3 Å². The molecule has 38 heavy (non-hydrogen) atoms. The Labute approximate surface area is 229 Å². The molecule has 4 aromatic rings. The second-order valence-corrected chi connectivity index (χ2v) is 11.4. The van der Waals surface area contributed by atoms with Crippen LogP contribution in [0, 0.1) is 24.7 Å². The number of anilines is 1. The number of allylic oxidation sites excluding steroid dienone is 1. The van der Waals surface area contributed by atoms with E-state index in [9.17, 15) is 9.90 Å². The number of pyridine rings is 2. The zero-order chi connectivity index (χ0) is 26.1. The van der Waals surface area contributed by atoms with E-state index in [1.165, 1.54) is 0 Å². The number of carboxylic acids is 1. The summed E-state index contributed by atoms with van der Waals surface area (Å²) in [5.41, 5.74) is 5.18. The fourth-order valence-corrected chi connectivity index (χ4v) is 6.44. The summed E-state index contributed by atoms with van der Waals surface area (Å²) >= 11 is 12.9. The summed E-state index contributed by atoms with van der Waals surface area (Å²) < 4.78 is 5.79. The largest absolute Gasteiger partial charge is 0.477 e. The highest BCUT2D eigenvalue weighted by molar-refractivity contribution is 6.39. The van der Waals surface area contributed by atoms with Gasteiger partial charge >= 0.3 is 5.97 Å². The van der Waals surface area contributed by atoms with Gasteiger partial charge in [-0.1, -0.05) is 40.5 Å². The minimum absolute atomic E-state index is 0.0779. The first-order valence-electron chi connectivity index (χ1n) is 12.8. The van der Waals surface area contributed by atoms with Gasteiger partial charge in [0.25, 0.3) is 0 Å². The van der Waals surface area contributed by atoms with Crippen LogP contribution in [0.4, 0.5) is 5.69 Å². The second kappa shape index (κ2) is 8.82. The third-order valence-corrected chi connectivity index (χ3v) is 8.70. The van der Waals surface area contributed by atoms with Crippen LogP contribution in [0.15, 0.2) is 47.3 Å². The number of carboxylic acid groups (broad SMARTS) is 1. The second-order valence-electron chi connectivity index (χ2n) is 10.6. The summed E-state index contributed by atoms with van der Waals surface area (Å²) in [6.07, 6.45) is 9.84. The monoisotopic (exact) mass is 546 g/mol. The van der Waals surface area contributed by atoms with Crippen molar-refractivity contribution in [2.75, 3.05) is 18.0 Å². The molecular formula is C29H24Cl2N4O3. The van der Waals surface area contributed by atoms with Gasteiger partial charge in [0.2, 0.25) is 0 Å². The maximum absolute atomic E-state index is 11.3. The van der Waals surface area contributed by atoms with Gasteiger partial charge in [-0.25, -0.2) is 9.78 Å². The Balaban J connectivity index is 1.10. The molecule has 0 bridgehead atoms. The van der Waals surface area contributed by atoms with Crippen LogP contribution in [0.25, 0.3) is 28.2 Å². The number of fused-ring (bicyclic) bond motifs is 2. The van der Waals surface area contributed by atoms with Crippen molar-refractivity contribution in [2.24, 2.45) is 17.8 Å². The molecule has 1 aromatic carbocycles. The molecule has 3 aliphatic rings. The molecule has 9 heteroatoms. The fraction of sp³-hybridized carbons (Fsp3) is 0.310. The number of aromatic nitrogens is 3. The van der Waals surface area contributed by atoms with Gasteiger partial charge in [0, 0.05) is 53.6 Å². The molecule has 7 rings (SSSR count). The van der Waals surface area contributed by atoms with Crippen molar-refractivity contribution in [1.29, 1.82) is 0 Å². The molecule has 3 fully saturated rings. The summed E-state index contributed by atoms with van der Waals surface area (Å²) in [6.45, 7) is 3.90. The minimum atomic E-state index is -1.01. The van der Waals surface area contributed by atoms with Gasteiger partial charge in [0.15, 0.2) is 0 Å². The molecule has 7 nitrogen and oxygen atoms in total. The first-order chi connectivity index (χ1) is 18.4. The number of rotatable bonds is 6. The Morgan fingerprint density at radius 3 is 2.55 bits per heavy atom. The van der Waals surface area contributed by atoms with Gasteiger partial charge in [-0.05, 0) is 67.3 Å². The molecule has 192 valence electrons. The van der Waals surface area contributed by atoms with Gasteiger partial charge < -0.3 is 14.5 Å². The van der Waals surface area contributed by atoms with Crippen LogP contribution in [0.2, 0.25) is 10.0 Å². The number of aryl methyl sites for hydroxylation is 1. The van der Waals surface area contributed by atoms with E-state index in [4.69, 9.17) is 27.7 Å². The highest BCUT2D eigenvalue weighted by Crippen LogP contribution is 2.54. The van der Waals surface area contributed by atoms with Gasteiger partial charge in [0.1, 0.15) is 17.1 Å². The highest BCUT2D eigenvalue weighted by atomic mass is 35.5. The number of carbonyl (C=O) groups is 1. The van der Waals surface area contributed by atoms with E-state index in [0.717, 1.165) is 53.9 Å². The Morgan fingerprint density at radius 1 is 1.13 bits per heavy atom. The summed E-state index contributed by atoms with van der Waals surface area (Å²) in [6, 6.07) is 7.74. The van der Waals surface area contributed by atoms with Crippen LogP contribution < -0.4 is 4.90 Å². The van der Waals surface area contributed by atoms with Crippen molar-refractivity contribution in [3.05, 3.63) is 75.4 Å². The quantitative estimate of drug-likeness (QED) is 0.282. The SMILES string of the molecule is Cc1cc(C(=O)O)nc2ccc(N3CC4C(/C=C/c5c(-c6c(Cl)cncc6Cl)noc5C5CC5)C4C3)cc12. The van der Waals surface area contributed by atoms with E-state index in [0.29, 0.717) is 50.5 Å². The van der Waals surface area contributed by atoms with Crippen LogP contribution in [-0.2, 0) is 0 Å². The zero-order valence-electron chi connectivity index (χ0n) is 20.6. The molecule has 1 N–H and O–H groups in total. The van der Waals surface area contributed by atoms with E-state index >= 15 is 0 Å². The standard InChI is InChI=1S/C29H24Cl2N4O3/c1-14-8-25(29(36)37)33-24-7-4-16(9-19(14)24)35-12-20-17(21(20)13-35)5-6-18-27(34-38-28(18)15-2-3-15)26-22(30)10-32-11-23(26)31/h4-11,15,17,20-21H,2-3,12-13H2,1H3,(H,36,37)/b6-5+. The third kappa shape index (κ3) is 3.96. The average Bonchev–Trinajstić information content (AvgIpc) is 3.76. The zero-order valence-corrected chi connectivity index (χ0v) is 22.1. The minimum Gasteiger partial charge on any atom is -0.477 e. The van der Waals surface area contributed by atoms with E-state index in [1.54, 1.807) is 18.5 Å². The van der Waals surface area contributed by atoms with Gasteiger partial charge in [-0.2, -0.15) is 0 Å². The summed E-state index contributed by atoms with van der Waals surface area (Å²) in [5, 5.41) is 15.6. The molecule has 0 spiro atoms. The number of halogens is 2. The summed E-state index contributed by atoms with van der Waals surface area (Å²) in [7, 11) is 0. The van der Waals surface area contributed by atoms with E-state index in [1.807, 2.05) is 19.1 Å². The van der Waals surface area contributed by atoms with Crippen molar-refractivity contribution >= 4 is 51.8 Å². The van der Waals surface area contributed by atoms with Gasteiger partial charge in [-0.15, -0.1) is 0 Å². The van der Waals surface area contributed by atoms with Crippen LogP contribution in [-0.4, -0.2) is 39.3 Å². The first-order valence-corrected chi connectivity index (χ1v) is 13.5. The number of hydrogen-bond donors (Lipinski definition) is 1. The molecule has 0 radical (unpaired) electrons. The number of aromatic carboxylic acids is 1. The Bertz CT molecular complexity index is 1610. The van der Waals surface area contributed by atoms with Gasteiger partial charge in [0.05, 0.1) is 15.6 Å². The fourth-order valence-electron chi connectivity index (χ4n) is 5.89. The maximum atomic E-state index is 11.3. The molecule has 2 aliphatic carbocycles. The molecule has 1 saturated heterocycles. The average molecular weight is 547 g/mol. The van der Waals surface area contributed by atoms with Crippen LogP contribution in [0.3, 0.4) is 0 Å². The molecule has 2 saturated carbocycles. The lowest BCUT2D eigenvalue weighted by Gasteiger charge is -2.22. The van der Waals surface area contributed by atoms with Crippen molar-refractivity contribution in [2.45, 2.75) is 25.7 Å². The van der Waals surface area contributed by atoms with E-state index in [-0.39, 0.29) is 5.69 Å². The van der Waals surface area contributed by atoms with Crippen LogP contribution in [0.1, 0.15) is 46.1 Å². The predicted molar refractivity (Wildman–Crippen MR) is 147 cm³/mol. The van der Waals surface area contributed by atoms with E-state index in [2.05, 4.69) is 38.2 Å². The van der Waals surface area contributed by atoms with Crippen molar-refractivity contribution in [3.63, 3.8) is 0 Å². The molecular weight excluding hydrogens is 523 g/mol. The number of hydrogen-bond acceptors (Lipinski definition) is 6. The predicted octanol–water partition coefficient (Wildman–Crippen LogP) is 6.87. The Hall–Kier alpha value is -3.42. The molecule has 2 atom stereocenters. The summed E-state index contributed by atoms with van der Waals surface area (Å²) in [4.78, 5) is 22.1. The molecule has 2 unspecified atom stereocenters. The highest BCUT2D eigenvalue weighted by Gasteiger charge is 2.54. The lowest BCUT2D eigenvalue weighted by atomic mass is 10.0. The Kier molecular flexibility index (Phi) is 5.49. The number of benzene rings is 1. The summed E-state index contributed by atoms with van der Waals surface area (Å²) in [5.74, 6) is 2.01. The van der Waals surface area contributed by atoms with E-state index < -0.39 is 5.97 Å².